The second kappa shape index (κ2) is 13.3. The van der Waals surface area contributed by atoms with Crippen LogP contribution in [0.2, 0.25) is 0 Å². The molecule has 8 rings (SSSR count). The van der Waals surface area contributed by atoms with Crippen LogP contribution in [-0.2, 0) is 20.1 Å². The van der Waals surface area contributed by atoms with Gasteiger partial charge in [-0.1, -0.05) is 59.2 Å². The maximum atomic E-state index is 4.68. The van der Waals surface area contributed by atoms with Crippen LogP contribution in [0.1, 0.15) is 5.56 Å². The first-order chi connectivity index (χ1) is 21.7. The molecular weight excluding hydrogens is 733 g/mol. The van der Waals surface area contributed by atoms with Crippen LogP contribution in [-0.4, -0.2) is 28.7 Å². The molecule has 0 amide bonds. The second-order valence-electron chi connectivity index (χ2n) is 10.5. The Hall–Kier alpha value is -5.10. The summed E-state index contributed by atoms with van der Waals surface area (Å²) in [5.74, 6) is 0.916. The summed E-state index contributed by atoms with van der Waals surface area (Å²) < 4.78 is 2.05. The minimum absolute atomic E-state index is 0. The Morgan fingerprint density at radius 3 is 2.02 bits per heavy atom. The number of anilines is 5. The quantitative estimate of drug-likeness (QED) is 0.137. The van der Waals surface area contributed by atoms with Crippen LogP contribution in [0.4, 0.5) is 34.1 Å². The van der Waals surface area contributed by atoms with Gasteiger partial charge in [-0.15, -0.1) is 12.4 Å². The van der Waals surface area contributed by atoms with Gasteiger partial charge >= 0.3 is 0 Å². The van der Waals surface area contributed by atoms with Gasteiger partial charge in [-0.05, 0) is 42.8 Å². The topological polar surface area (TPSA) is 28.3 Å². The van der Waals surface area contributed by atoms with Crippen molar-refractivity contribution in [2.75, 3.05) is 21.7 Å². The van der Waals surface area contributed by atoms with Gasteiger partial charge in [0.2, 0.25) is 5.84 Å². The van der Waals surface area contributed by atoms with Crippen LogP contribution in [0.25, 0.3) is 0 Å². The third kappa shape index (κ3) is 6.01. The summed E-state index contributed by atoms with van der Waals surface area (Å²) in [4.78, 5) is 13.2. The number of aryl methyl sites for hydroxylation is 1. The third-order valence-corrected chi connectivity index (χ3v) is 7.66. The Morgan fingerprint density at radius 1 is 0.689 bits per heavy atom. The molecule has 0 aliphatic carbocycles. The number of hydrogen-bond acceptors (Lipinski definition) is 5. The van der Waals surface area contributed by atoms with E-state index >= 15 is 0 Å². The SMILES string of the molecule is Cc1ccccc1N1C=NC2=[N+](c3[c-]cccc3)[CH-]N(C)C2=C1.[Ir].[c-]1ccccc1N1[CH-]N(c2ccccc2)c2ccccc21. The molecule has 0 unspecified atom stereocenters. The second-order valence-corrected chi connectivity index (χ2v) is 10.5. The molecule has 5 aromatic rings. The first kappa shape index (κ1) is 29.9. The number of likely N-dealkylation sites (N-methyl/N-ethyl adjacent to an activating group) is 1. The molecule has 225 valence electrons. The van der Waals surface area contributed by atoms with Gasteiger partial charge in [0.05, 0.1) is 18.1 Å². The van der Waals surface area contributed by atoms with Crippen molar-refractivity contribution >= 4 is 46.3 Å². The monoisotopic (exact) mass is 764 g/mol. The molecule has 0 atom stereocenters. The summed E-state index contributed by atoms with van der Waals surface area (Å²) in [5.41, 5.74) is 8.96. The average molecular weight is 764 g/mol. The molecule has 3 aliphatic rings. The fourth-order valence-corrected chi connectivity index (χ4v) is 5.46. The van der Waals surface area contributed by atoms with E-state index in [1.165, 1.54) is 16.9 Å². The fourth-order valence-electron chi connectivity index (χ4n) is 5.46. The van der Waals surface area contributed by atoms with Crippen LogP contribution in [0.15, 0.2) is 144 Å². The molecular formula is C38H31IrN6-3. The minimum atomic E-state index is 0. The average Bonchev–Trinajstić information content (AvgIpc) is 3.64. The van der Waals surface area contributed by atoms with E-state index in [0.717, 1.165) is 34.3 Å². The van der Waals surface area contributed by atoms with Crippen molar-refractivity contribution in [1.82, 2.24) is 4.90 Å². The summed E-state index contributed by atoms with van der Waals surface area (Å²) in [6.07, 6.45) is 3.98. The standard InChI is InChI=1S/C19H17N4.C19H14N2.Ir/c1-15-8-6-7-11-17(15)22-12-18-19(20-13-22)23(14-21(18)2)16-9-4-3-5-10-16;1-3-9-16(10-4-1)20-15-21(17-11-5-2-6-12-17)19-14-8-7-13-18(19)20;/h3-9,11-14H,1-2H3;1-11,13-15H;/q-1;-2;. The summed E-state index contributed by atoms with van der Waals surface area (Å²) in [7, 11) is 2.03. The third-order valence-electron chi connectivity index (χ3n) is 7.66. The van der Waals surface area contributed by atoms with Crippen LogP contribution < -0.4 is 14.7 Å². The molecule has 0 saturated heterocycles. The van der Waals surface area contributed by atoms with E-state index in [1.807, 2.05) is 80.7 Å². The largest absolute Gasteiger partial charge is 0.493 e. The van der Waals surface area contributed by atoms with Crippen molar-refractivity contribution in [3.05, 3.63) is 170 Å². The Bertz CT molecular complexity index is 1790. The Balaban J connectivity index is 0.000000156. The van der Waals surface area contributed by atoms with E-state index in [0.29, 0.717) is 0 Å². The van der Waals surface area contributed by atoms with E-state index < -0.39 is 0 Å². The number of para-hydroxylation sites is 6. The number of fused-ring (bicyclic) bond motifs is 2. The normalized spacial score (nSPS) is 14.6. The first-order valence-corrected chi connectivity index (χ1v) is 14.5. The molecule has 0 aromatic heterocycles. The predicted octanol–water partition coefficient (Wildman–Crippen LogP) is 8.19. The van der Waals surface area contributed by atoms with Gasteiger partial charge < -0.3 is 19.3 Å². The molecule has 0 bridgehead atoms. The van der Waals surface area contributed by atoms with Crippen molar-refractivity contribution in [2.45, 2.75) is 6.92 Å². The molecule has 0 spiro atoms. The number of nitrogens with zero attached hydrogens (tertiary/aromatic N) is 6. The van der Waals surface area contributed by atoms with Gasteiger partial charge in [0, 0.05) is 50.4 Å². The van der Waals surface area contributed by atoms with E-state index in [4.69, 9.17) is 0 Å². The fraction of sp³-hybridized carbons (Fsp3) is 0.0526. The first-order valence-electron chi connectivity index (χ1n) is 14.5. The molecule has 3 aliphatic heterocycles. The van der Waals surface area contributed by atoms with E-state index in [-0.39, 0.29) is 20.1 Å². The van der Waals surface area contributed by atoms with Crippen molar-refractivity contribution in [2.24, 2.45) is 4.99 Å². The number of amidine groups is 1. The molecule has 45 heavy (non-hydrogen) atoms. The van der Waals surface area contributed by atoms with E-state index in [2.05, 4.69) is 128 Å². The van der Waals surface area contributed by atoms with Gasteiger partial charge in [-0.3, -0.25) is 4.90 Å². The zero-order valence-electron chi connectivity index (χ0n) is 25.0. The molecule has 1 radical (unpaired) electrons. The Kier molecular flexibility index (Phi) is 8.83. The van der Waals surface area contributed by atoms with Gasteiger partial charge in [0.25, 0.3) is 0 Å². The number of aliphatic imine (C=N–C) groups is 1. The van der Waals surface area contributed by atoms with Crippen molar-refractivity contribution < 1.29 is 24.7 Å². The molecule has 0 saturated carbocycles. The number of rotatable bonds is 4. The summed E-state index contributed by atoms with van der Waals surface area (Å²) >= 11 is 0. The molecule has 5 aromatic carbocycles. The molecule has 3 heterocycles. The number of benzene rings is 5. The van der Waals surface area contributed by atoms with Gasteiger partial charge in [0.15, 0.2) is 6.34 Å². The van der Waals surface area contributed by atoms with Crippen LogP contribution >= 0.6 is 0 Å². The van der Waals surface area contributed by atoms with Crippen LogP contribution in [0, 0.1) is 32.4 Å². The zero-order chi connectivity index (χ0) is 29.9. The predicted molar refractivity (Wildman–Crippen MR) is 179 cm³/mol. The van der Waals surface area contributed by atoms with Crippen molar-refractivity contribution in [3.8, 4) is 0 Å². The maximum absolute atomic E-state index is 4.68. The molecule has 0 N–H and O–H groups in total. The maximum Gasteiger partial charge on any atom is 0.246 e. The number of hydrogen-bond donors (Lipinski definition) is 0. The van der Waals surface area contributed by atoms with Crippen LogP contribution in [0.5, 0.6) is 0 Å². The Labute approximate surface area is 278 Å². The molecule has 7 heteroatoms. The summed E-state index contributed by atoms with van der Waals surface area (Å²) in [6.45, 7) is 6.26. The van der Waals surface area contributed by atoms with Crippen molar-refractivity contribution in [3.63, 3.8) is 0 Å². The molecule has 6 nitrogen and oxygen atoms in total. The van der Waals surface area contributed by atoms with Crippen LogP contribution in [0.3, 0.4) is 0 Å². The van der Waals surface area contributed by atoms with Gasteiger partial charge in [-0.25, -0.2) is 6.07 Å². The van der Waals surface area contributed by atoms with E-state index in [9.17, 15) is 0 Å². The minimum Gasteiger partial charge on any atom is -0.493 e. The summed E-state index contributed by atoms with van der Waals surface area (Å²) in [6, 6.07) is 49.6. The zero-order valence-corrected chi connectivity index (χ0v) is 27.3. The van der Waals surface area contributed by atoms with Gasteiger partial charge in [0.1, 0.15) is 0 Å². The smallest absolute Gasteiger partial charge is 0.246 e. The van der Waals surface area contributed by atoms with Crippen molar-refractivity contribution in [1.29, 1.82) is 0 Å². The summed E-state index contributed by atoms with van der Waals surface area (Å²) in [5, 5.41) is 0. The van der Waals surface area contributed by atoms with E-state index in [1.54, 1.807) is 0 Å². The Morgan fingerprint density at radius 2 is 1.33 bits per heavy atom. The molecule has 0 fully saturated rings. The van der Waals surface area contributed by atoms with Gasteiger partial charge in [-0.2, -0.15) is 54.6 Å².